The molecule has 0 fully saturated rings. The molecule has 0 atom stereocenters. The van der Waals surface area contributed by atoms with Gasteiger partial charge in [-0.2, -0.15) is 0 Å². The van der Waals surface area contributed by atoms with E-state index in [4.69, 9.17) is 11.6 Å². The number of rotatable bonds is 6. The molecule has 29 heavy (non-hydrogen) atoms. The largest absolute Gasteiger partial charge is 0.268 e. The maximum Gasteiger partial charge on any atom is 0.226 e. The van der Waals surface area contributed by atoms with Crippen LogP contribution in [0, 0.1) is 0 Å². The number of aromatic nitrogens is 1. The normalized spacial score (nSPS) is 11.2. The van der Waals surface area contributed by atoms with Gasteiger partial charge < -0.3 is 0 Å². The summed E-state index contributed by atoms with van der Waals surface area (Å²) in [6, 6.07) is 27.5. The minimum absolute atomic E-state index is 0.109. The Morgan fingerprint density at radius 3 is 1.79 bits per heavy atom. The molecule has 0 amide bonds. The van der Waals surface area contributed by atoms with Gasteiger partial charge in [0.15, 0.2) is 5.03 Å². The van der Waals surface area contributed by atoms with Gasteiger partial charge in [-0.25, -0.2) is 13.4 Å². The van der Waals surface area contributed by atoms with Crippen LogP contribution < -0.4 is 10.4 Å². The molecule has 0 spiro atoms. The second-order valence-electron chi connectivity index (χ2n) is 6.03. The molecule has 3 aromatic carbocycles. The first-order valence-corrected chi connectivity index (χ1v) is 11.4. The van der Waals surface area contributed by atoms with Crippen molar-refractivity contribution >= 4 is 49.3 Å². The second-order valence-corrected chi connectivity index (χ2v) is 9.50. The Morgan fingerprint density at radius 2 is 1.28 bits per heavy atom. The quantitative estimate of drug-likeness (QED) is 0.383. The number of nitrogens with one attached hydrogen (secondary N) is 1. The fourth-order valence-corrected chi connectivity index (χ4v) is 5.56. The molecular weight excluding hydrogens is 426 g/mol. The molecule has 0 aliphatic carbocycles. The molecule has 0 saturated heterocycles. The van der Waals surface area contributed by atoms with Gasteiger partial charge in [-0.05, 0) is 36.4 Å². The Labute approximate surface area is 178 Å². The molecule has 1 N–H and O–H groups in total. The molecule has 0 saturated carbocycles. The lowest BCUT2D eigenvalue weighted by Gasteiger charge is -2.25. The van der Waals surface area contributed by atoms with Crippen LogP contribution in [0.1, 0.15) is 0 Å². The van der Waals surface area contributed by atoms with Gasteiger partial charge in [-0.1, -0.05) is 77.5 Å². The highest BCUT2D eigenvalue weighted by Crippen LogP contribution is 2.36. The van der Waals surface area contributed by atoms with Crippen LogP contribution in [0.2, 0.25) is 4.34 Å². The fraction of sp³-hybridized carbons (Fsp3) is 0. The van der Waals surface area contributed by atoms with Crippen LogP contribution in [-0.4, -0.2) is 13.4 Å². The van der Waals surface area contributed by atoms with Crippen molar-refractivity contribution in [1.29, 1.82) is 0 Å². The van der Waals surface area contributed by atoms with Gasteiger partial charge in [0.1, 0.15) is 4.34 Å². The molecule has 0 aliphatic rings. The molecule has 0 aliphatic heterocycles. The average molecular weight is 442 g/mol. The third-order valence-electron chi connectivity index (χ3n) is 4.10. The summed E-state index contributed by atoms with van der Waals surface area (Å²) in [6.07, 6.45) is 0. The van der Waals surface area contributed by atoms with Gasteiger partial charge in [0.2, 0.25) is 15.0 Å². The Morgan fingerprint density at radius 1 is 0.793 bits per heavy atom. The van der Waals surface area contributed by atoms with Crippen LogP contribution in [0.4, 0.5) is 16.5 Å². The standard InChI is InChI=1S/C21H16ClN3O2S2/c22-19-20(29(26,27)18-14-8-3-9-15-18)23-21(28-19)24-25(16-10-4-1-5-11-16)17-12-6-2-7-13-17/h1-15H,(H,23,24). The van der Waals surface area contributed by atoms with Crippen LogP contribution in [-0.2, 0) is 9.84 Å². The van der Waals surface area contributed by atoms with Crippen molar-refractivity contribution in [1.82, 2.24) is 4.98 Å². The SMILES string of the molecule is O=S(=O)(c1ccccc1)c1nc(NN(c2ccccc2)c2ccccc2)sc1Cl. The van der Waals surface area contributed by atoms with E-state index in [1.807, 2.05) is 65.7 Å². The Balaban J connectivity index is 1.71. The predicted molar refractivity (Wildman–Crippen MR) is 118 cm³/mol. The zero-order chi connectivity index (χ0) is 20.3. The van der Waals surface area contributed by atoms with E-state index in [1.165, 1.54) is 12.1 Å². The molecule has 1 aromatic heterocycles. The highest BCUT2D eigenvalue weighted by Gasteiger charge is 2.26. The molecule has 8 heteroatoms. The molecule has 1 heterocycles. The van der Waals surface area contributed by atoms with Crippen LogP contribution in [0.15, 0.2) is 101 Å². The van der Waals surface area contributed by atoms with Crippen molar-refractivity contribution in [2.45, 2.75) is 9.92 Å². The first kappa shape index (κ1) is 19.4. The van der Waals surface area contributed by atoms with Crippen molar-refractivity contribution in [2.75, 3.05) is 10.4 Å². The van der Waals surface area contributed by atoms with Gasteiger partial charge in [0.05, 0.1) is 16.3 Å². The Kier molecular flexibility index (Phi) is 5.53. The second kappa shape index (κ2) is 8.24. The number of hydrazine groups is 1. The number of anilines is 3. The van der Waals surface area contributed by atoms with Gasteiger partial charge in [0.25, 0.3) is 0 Å². The third-order valence-corrected chi connectivity index (χ3v) is 7.20. The molecule has 146 valence electrons. The number of benzene rings is 3. The Bertz CT molecular complexity index is 1160. The van der Waals surface area contributed by atoms with E-state index < -0.39 is 9.84 Å². The van der Waals surface area contributed by atoms with E-state index in [1.54, 1.807) is 18.2 Å². The van der Waals surface area contributed by atoms with E-state index in [2.05, 4.69) is 10.4 Å². The summed E-state index contributed by atoms with van der Waals surface area (Å²) >= 11 is 7.35. The van der Waals surface area contributed by atoms with Crippen molar-refractivity contribution < 1.29 is 8.42 Å². The summed E-state index contributed by atoms with van der Waals surface area (Å²) < 4.78 is 25.9. The summed E-state index contributed by atoms with van der Waals surface area (Å²) in [5, 5.41) is 2.05. The van der Waals surface area contributed by atoms with Crippen molar-refractivity contribution in [3.63, 3.8) is 0 Å². The lowest BCUT2D eigenvalue weighted by atomic mass is 10.2. The van der Waals surface area contributed by atoms with Gasteiger partial charge in [-0.15, -0.1) is 0 Å². The predicted octanol–water partition coefficient (Wildman–Crippen LogP) is 5.79. The molecule has 4 rings (SSSR count). The van der Waals surface area contributed by atoms with E-state index >= 15 is 0 Å². The summed E-state index contributed by atoms with van der Waals surface area (Å²) in [6.45, 7) is 0. The maximum absolute atomic E-state index is 12.9. The van der Waals surface area contributed by atoms with Crippen LogP contribution >= 0.6 is 22.9 Å². The molecule has 0 radical (unpaired) electrons. The molecular formula is C21H16ClN3O2S2. The lowest BCUT2D eigenvalue weighted by molar-refractivity contribution is 0.593. The number of hydrogen-bond acceptors (Lipinski definition) is 6. The monoisotopic (exact) mass is 441 g/mol. The maximum atomic E-state index is 12.9. The van der Waals surface area contributed by atoms with E-state index in [-0.39, 0.29) is 14.3 Å². The van der Waals surface area contributed by atoms with E-state index in [0.29, 0.717) is 5.13 Å². The van der Waals surface area contributed by atoms with Crippen molar-refractivity contribution in [2.24, 2.45) is 0 Å². The summed E-state index contributed by atoms with van der Waals surface area (Å²) in [7, 11) is -3.81. The number of halogens is 1. The van der Waals surface area contributed by atoms with Crippen molar-refractivity contribution in [3.8, 4) is 0 Å². The van der Waals surface area contributed by atoms with Crippen LogP contribution in [0.3, 0.4) is 0 Å². The van der Waals surface area contributed by atoms with Crippen molar-refractivity contribution in [3.05, 3.63) is 95.3 Å². The minimum atomic E-state index is -3.81. The minimum Gasteiger partial charge on any atom is -0.268 e. The number of nitrogens with zero attached hydrogens (tertiary/aromatic N) is 2. The lowest BCUT2D eigenvalue weighted by Crippen LogP contribution is -2.24. The molecule has 0 bridgehead atoms. The summed E-state index contributed by atoms with van der Waals surface area (Å²) in [5.41, 5.74) is 4.93. The average Bonchev–Trinajstić information content (AvgIpc) is 3.15. The number of sulfone groups is 1. The highest BCUT2D eigenvalue weighted by molar-refractivity contribution is 7.91. The summed E-state index contributed by atoms with van der Waals surface area (Å²) in [5.74, 6) is 0. The van der Waals surface area contributed by atoms with Gasteiger partial charge in [-0.3, -0.25) is 10.4 Å². The number of thiazole rings is 1. The van der Waals surface area contributed by atoms with E-state index in [9.17, 15) is 8.42 Å². The smallest absolute Gasteiger partial charge is 0.226 e. The van der Waals surface area contributed by atoms with Crippen LogP contribution in [0.5, 0.6) is 0 Å². The zero-order valence-electron chi connectivity index (χ0n) is 15.1. The molecule has 0 unspecified atom stereocenters. The first-order valence-electron chi connectivity index (χ1n) is 8.69. The van der Waals surface area contributed by atoms with Gasteiger partial charge in [0, 0.05) is 0 Å². The Hall–Kier alpha value is -2.87. The molecule has 4 aromatic rings. The molecule has 5 nitrogen and oxygen atoms in total. The zero-order valence-corrected chi connectivity index (χ0v) is 17.5. The number of hydrogen-bond donors (Lipinski definition) is 1. The number of para-hydroxylation sites is 2. The fourth-order valence-electron chi connectivity index (χ4n) is 2.74. The highest BCUT2D eigenvalue weighted by atomic mass is 35.5. The topological polar surface area (TPSA) is 62.3 Å². The van der Waals surface area contributed by atoms with E-state index in [0.717, 1.165) is 22.7 Å². The third kappa shape index (κ3) is 4.12. The van der Waals surface area contributed by atoms with Gasteiger partial charge >= 0.3 is 0 Å². The van der Waals surface area contributed by atoms with Crippen LogP contribution in [0.25, 0.3) is 0 Å². The summed E-state index contributed by atoms with van der Waals surface area (Å²) in [4.78, 5) is 4.45. The first-order chi connectivity index (χ1) is 14.1.